The molecule has 0 saturated carbocycles. The van der Waals surface area contributed by atoms with Crippen LogP contribution < -0.4 is 15.0 Å². The van der Waals surface area contributed by atoms with E-state index in [0.717, 1.165) is 43.7 Å². The van der Waals surface area contributed by atoms with E-state index in [0.29, 0.717) is 118 Å². The van der Waals surface area contributed by atoms with Gasteiger partial charge in [0.15, 0.2) is 0 Å². The molecule has 1 aliphatic heterocycles. The number of nitrogens with zero attached hydrogens (tertiary/aromatic N) is 3. The number of morpholine rings is 1. The van der Waals surface area contributed by atoms with Crippen LogP contribution in [-0.2, 0) is 47.7 Å². The molecule has 1 aromatic rings. The van der Waals surface area contributed by atoms with E-state index in [9.17, 15) is 0 Å². The first kappa shape index (κ1) is 40.9. The number of anilines is 1. The highest BCUT2D eigenvalue weighted by Crippen LogP contribution is 2.26. The van der Waals surface area contributed by atoms with E-state index >= 15 is 0 Å². The first-order chi connectivity index (χ1) is 22.5. The minimum atomic E-state index is -0.213. The summed E-state index contributed by atoms with van der Waals surface area (Å²) in [5.74, 6) is 1.28. The van der Waals surface area contributed by atoms with Crippen LogP contribution in [-0.4, -0.2) is 159 Å². The van der Waals surface area contributed by atoms with Crippen LogP contribution in [0.4, 0.5) is 5.82 Å². The fourth-order valence-corrected chi connectivity index (χ4v) is 4.32. The van der Waals surface area contributed by atoms with Crippen LogP contribution in [0, 0.1) is 0 Å². The Kier molecular flexibility index (Phi) is 24.6. The van der Waals surface area contributed by atoms with Gasteiger partial charge in [-0.15, -0.1) is 4.37 Å². The zero-order valence-electron chi connectivity index (χ0n) is 28.4. The van der Waals surface area contributed by atoms with E-state index in [4.69, 9.17) is 52.4 Å². The molecule has 1 atom stereocenters. The van der Waals surface area contributed by atoms with Crippen molar-refractivity contribution in [3.05, 3.63) is 0 Å². The number of aromatic nitrogens is 2. The van der Waals surface area contributed by atoms with Gasteiger partial charge in [0, 0.05) is 31.8 Å². The molecule has 0 spiro atoms. The Balaban J connectivity index is 1.39. The van der Waals surface area contributed by atoms with Gasteiger partial charge < -0.3 is 52.8 Å². The van der Waals surface area contributed by atoms with Gasteiger partial charge >= 0.3 is 0 Å². The molecule has 0 aliphatic carbocycles. The van der Waals surface area contributed by atoms with Crippen molar-refractivity contribution >= 4 is 17.5 Å². The molecular formula is C30H58N4O11S. The molecule has 46 heavy (non-hydrogen) atoms. The zero-order chi connectivity index (χ0) is 33.0. The summed E-state index contributed by atoms with van der Waals surface area (Å²) >= 11 is 1.14. The summed E-state index contributed by atoms with van der Waals surface area (Å²) in [6.45, 7) is 19.6. The molecule has 2 heterocycles. The monoisotopic (exact) mass is 682 g/mol. The number of nitrogens with one attached hydrogen (secondary N) is 1. The van der Waals surface area contributed by atoms with Crippen LogP contribution in [0.3, 0.4) is 0 Å². The van der Waals surface area contributed by atoms with Crippen LogP contribution in [0.5, 0.6) is 5.88 Å². The largest absolute Gasteiger partial charge is 0.472 e. The topological polar surface area (TPSA) is 143 Å². The van der Waals surface area contributed by atoms with Gasteiger partial charge in [0.25, 0.3) is 5.88 Å². The van der Waals surface area contributed by atoms with E-state index in [-0.39, 0.29) is 18.2 Å². The minimum absolute atomic E-state index is 0.0590. The third-order valence-electron chi connectivity index (χ3n) is 6.14. The van der Waals surface area contributed by atoms with Crippen molar-refractivity contribution in [2.24, 2.45) is 0 Å². The standard InChI is InChI=1S/C30H58N4O11S/c1-5-8-35-11-12-37-13-14-38-15-16-39-17-18-40-19-20-41-21-23-44-45-24-22-42-27(25-31-30(2,3)4)26-43-29-28(32-46-33-29)34-6-9-36-10-7-34/h27,31H,5-26H2,1-4H3. The summed E-state index contributed by atoms with van der Waals surface area (Å²) in [5.41, 5.74) is -0.0590. The Morgan fingerprint density at radius 1 is 0.717 bits per heavy atom. The second kappa shape index (κ2) is 27.6. The van der Waals surface area contributed by atoms with Crippen LogP contribution in [0.2, 0.25) is 0 Å². The van der Waals surface area contributed by atoms with Crippen molar-refractivity contribution in [3.8, 4) is 5.88 Å². The SMILES string of the molecule is CCCOCCOCCOCCOCCOCCOCCOOCCOC(CNC(C)(C)C)COc1nsnc1N1CCOCC1. The maximum Gasteiger partial charge on any atom is 0.270 e. The Morgan fingerprint density at radius 3 is 1.74 bits per heavy atom. The highest BCUT2D eigenvalue weighted by Gasteiger charge is 2.22. The van der Waals surface area contributed by atoms with Gasteiger partial charge in [0.05, 0.1) is 104 Å². The number of hydrogen-bond donors (Lipinski definition) is 1. The lowest BCUT2D eigenvalue weighted by Crippen LogP contribution is -2.44. The Labute approximate surface area is 278 Å². The molecule has 0 bridgehead atoms. The van der Waals surface area contributed by atoms with E-state index in [1.165, 1.54) is 0 Å². The van der Waals surface area contributed by atoms with Gasteiger partial charge in [-0.2, -0.15) is 4.37 Å². The van der Waals surface area contributed by atoms with Crippen LogP contribution >= 0.6 is 11.7 Å². The predicted molar refractivity (Wildman–Crippen MR) is 173 cm³/mol. The fourth-order valence-electron chi connectivity index (χ4n) is 3.80. The van der Waals surface area contributed by atoms with Crippen molar-refractivity contribution < 1.29 is 52.4 Å². The smallest absolute Gasteiger partial charge is 0.270 e. The van der Waals surface area contributed by atoms with Crippen LogP contribution in [0.15, 0.2) is 0 Å². The average molecular weight is 683 g/mol. The van der Waals surface area contributed by atoms with E-state index in [2.05, 4.69) is 46.7 Å². The summed E-state index contributed by atoms with van der Waals surface area (Å²) in [7, 11) is 0. The van der Waals surface area contributed by atoms with Gasteiger partial charge in [0.2, 0.25) is 5.82 Å². The molecule has 1 unspecified atom stereocenters. The zero-order valence-corrected chi connectivity index (χ0v) is 29.2. The lowest BCUT2D eigenvalue weighted by atomic mass is 10.1. The van der Waals surface area contributed by atoms with Gasteiger partial charge in [-0.1, -0.05) is 6.92 Å². The first-order valence-electron chi connectivity index (χ1n) is 16.3. The second-order valence-corrected chi connectivity index (χ2v) is 11.8. The molecule has 1 saturated heterocycles. The van der Waals surface area contributed by atoms with E-state index in [1.54, 1.807) is 0 Å². The molecule has 270 valence electrons. The normalized spacial score (nSPS) is 14.7. The quantitative estimate of drug-likeness (QED) is 0.0692. The molecule has 1 fully saturated rings. The van der Waals surface area contributed by atoms with Gasteiger partial charge in [-0.05, 0) is 27.2 Å². The van der Waals surface area contributed by atoms with Crippen molar-refractivity contribution in [2.45, 2.75) is 45.8 Å². The minimum Gasteiger partial charge on any atom is -0.472 e. The van der Waals surface area contributed by atoms with E-state index < -0.39 is 0 Å². The number of rotatable bonds is 31. The predicted octanol–water partition coefficient (Wildman–Crippen LogP) is 1.98. The van der Waals surface area contributed by atoms with Crippen LogP contribution in [0.1, 0.15) is 34.1 Å². The van der Waals surface area contributed by atoms with Crippen molar-refractivity contribution in [1.29, 1.82) is 0 Å². The lowest BCUT2D eigenvalue weighted by molar-refractivity contribution is -0.304. The molecule has 1 N–H and O–H groups in total. The highest BCUT2D eigenvalue weighted by atomic mass is 32.1. The molecule has 0 aromatic carbocycles. The summed E-state index contributed by atoms with van der Waals surface area (Å²) < 4.78 is 58.9. The van der Waals surface area contributed by atoms with E-state index in [1.807, 2.05) is 0 Å². The summed E-state index contributed by atoms with van der Waals surface area (Å²) in [6.07, 6.45) is 0.808. The van der Waals surface area contributed by atoms with Gasteiger partial charge in [-0.3, -0.25) is 0 Å². The Bertz CT molecular complexity index is 816. The Morgan fingerprint density at radius 2 is 1.22 bits per heavy atom. The first-order valence-corrected chi connectivity index (χ1v) is 17.1. The second-order valence-electron chi connectivity index (χ2n) is 11.2. The highest BCUT2D eigenvalue weighted by molar-refractivity contribution is 6.99. The van der Waals surface area contributed by atoms with Crippen molar-refractivity contribution in [2.75, 3.05) is 143 Å². The van der Waals surface area contributed by atoms with Crippen molar-refractivity contribution in [1.82, 2.24) is 14.1 Å². The third kappa shape index (κ3) is 22.3. The molecule has 15 nitrogen and oxygen atoms in total. The lowest BCUT2D eigenvalue weighted by Gasteiger charge is -2.27. The molecule has 0 radical (unpaired) electrons. The molecule has 16 heteroatoms. The average Bonchev–Trinajstić information content (AvgIpc) is 3.52. The maximum absolute atomic E-state index is 6.03. The summed E-state index contributed by atoms with van der Waals surface area (Å²) in [5, 5.41) is 3.46. The maximum atomic E-state index is 6.03. The molecular weight excluding hydrogens is 624 g/mol. The van der Waals surface area contributed by atoms with Gasteiger partial charge in [-0.25, -0.2) is 9.78 Å². The van der Waals surface area contributed by atoms with Crippen LogP contribution in [0.25, 0.3) is 0 Å². The molecule has 0 amide bonds. The van der Waals surface area contributed by atoms with Gasteiger partial charge in [0.1, 0.15) is 25.9 Å². The van der Waals surface area contributed by atoms with Crippen molar-refractivity contribution in [3.63, 3.8) is 0 Å². The summed E-state index contributed by atoms with van der Waals surface area (Å²) in [4.78, 5) is 12.6. The molecule has 2 rings (SSSR count). The molecule has 1 aromatic heterocycles. The Hall–Kier alpha value is -1.28. The summed E-state index contributed by atoms with van der Waals surface area (Å²) in [6, 6.07) is 0. The number of ether oxygens (including phenoxy) is 9. The fraction of sp³-hybridized carbons (Fsp3) is 0.933. The number of hydrogen-bond acceptors (Lipinski definition) is 16. The third-order valence-corrected chi connectivity index (χ3v) is 6.64. The molecule has 1 aliphatic rings.